The molecule has 0 bridgehead atoms. The van der Waals surface area contributed by atoms with Crippen LogP contribution in [0.25, 0.3) is 0 Å². The number of Topliss-reactive ketones (excluding diaryl/α,β-unsaturated/α-hetero) is 1. The molecule has 0 spiro atoms. The van der Waals surface area contributed by atoms with Crippen LogP contribution in [-0.4, -0.2) is 15.8 Å². The third-order valence-electron chi connectivity index (χ3n) is 2.76. The molecule has 1 rings (SSSR count). The SMILES string of the molecule is CC(C)C(=O)C(Cc1ncccn1)C(C)C. The second-order valence-electron chi connectivity index (χ2n) is 4.78. The van der Waals surface area contributed by atoms with E-state index in [4.69, 9.17) is 0 Å². The van der Waals surface area contributed by atoms with Gasteiger partial charge in [-0.15, -0.1) is 0 Å². The smallest absolute Gasteiger partial charge is 0.139 e. The van der Waals surface area contributed by atoms with Crippen LogP contribution in [0.1, 0.15) is 33.5 Å². The number of carbonyl (C=O) groups excluding carboxylic acids is 1. The monoisotopic (exact) mass is 220 g/mol. The van der Waals surface area contributed by atoms with Gasteiger partial charge in [0.05, 0.1) is 0 Å². The summed E-state index contributed by atoms with van der Waals surface area (Å²) in [6.45, 7) is 8.05. The Bertz CT molecular complexity index is 333. The molecule has 0 fully saturated rings. The highest BCUT2D eigenvalue weighted by atomic mass is 16.1. The van der Waals surface area contributed by atoms with E-state index in [1.807, 2.05) is 13.8 Å². The van der Waals surface area contributed by atoms with Gasteiger partial charge in [-0.3, -0.25) is 4.79 Å². The molecule has 1 aromatic rings. The van der Waals surface area contributed by atoms with E-state index in [-0.39, 0.29) is 11.8 Å². The second kappa shape index (κ2) is 5.73. The molecule has 1 atom stereocenters. The predicted molar refractivity (Wildman–Crippen MR) is 63.9 cm³/mol. The van der Waals surface area contributed by atoms with Crippen molar-refractivity contribution in [3.63, 3.8) is 0 Å². The van der Waals surface area contributed by atoms with E-state index >= 15 is 0 Å². The number of rotatable bonds is 5. The first-order valence-electron chi connectivity index (χ1n) is 5.82. The highest BCUT2D eigenvalue weighted by Crippen LogP contribution is 2.20. The molecule has 1 unspecified atom stereocenters. The summed E-state index contributed by atoms with van der Waals surface area (Å²) in [5, 5.41) is 0. The molecule has 0 aliphatic rings. The van der Waals surface area contributed by atoms with Crippen LogP contribution in [0.3, 0.4) is 0 Å². The topological polar surface area (TPSA) is 42.9 Å². The van der Waals surface area contributed by atoms with E-state index in [1.54, 1.807) is 18.5 Å². The van der Waals surface area contributed by atoms with Crippen LogP contribution in [0.2, 0.25) is 0 Å². The van der Waals surface area contributed by atoms with Crippen molar-refractivity contribution < 1.29 is 4.79 Å². The van der Waals surface area contributed by atoms with E-state index in [0.717, 1.165) is 5.82 Å². The zero-order valence-electron chi connectivity index (χ0n) is 10.5. The fourth-order valence-electron chi connectivity index (χ4n) is 1.73. The summed E-state index contributed by atoms with van der Waals surface area (Å²) < 4.78 is 0. The minimum Gasteiger partial charge on any atom is -0.299 e. The molecule has 0 saturated carbocycles. The van der Waals surface area contributed by atoms with Gasteiger partial charge in [0.15, 0.2) is 0 Å². The first-order chi connectivity index (χ1) is 7.52. The van der Waals surface area contributed by atoms with Gasteiger partial charge in [0, 0.05) is 30.7 Å². The van der Waals surface area contributed by atoms with E-state index in [9.17, 15) is 4.79 Å². The fourth-order valence-corrected chi connectivity index (χ4v) is 1.73. The number of ketones is 1. The molecular weight excluding hydrogens is 200 g/mol. The Morgan fingerprint density at radius 3 is 2.19 bits per heavy atom. The van der Waals surface area contributed by atoms with E-state index < -0.39 is 0 Å². The van der Waals surface area contributed by atoms with Crippen molar-refractivity contribution in [2.45, 2.75) is 34.1 Å². The van der Waals surface area contributed by atoms with Crippen molar-refractivity contribution in [1.82, 2.24) is 9.97 Å². The number of nitrogens with zero attached hydrogens (tertiary/aromatic N) is 2. The molecule has 0 aliphatic heterocycles. The average molecular weight is 220 g/mol. The van der Waals surface area contributed by atoms with E-state index in [0.29, 0.717) is 18.1 Å². The summed E-state index contributed by atoms with van der Waals surface area (Å²) in [5.74, 6) is 1.51. The molecular formula is C13H20N2O. The third kappa shape index (κ3) is 3.40. The molecule has 3 heteroatoms. The van der Waals surface area contributed by atoms with Gasteiger partial charge in [0.2, 0.25) is 0 Å². The summed E-state index contributed by atoms with van der Waals surface area (Å²) >= 11 is 0. The Hall–Kier alpha value is -1.25. The standard InChI is InChI=1S/C13H20N2O/c1-9(2)11(13(16)10(3)4)8-12-14-6-5-7-15-12/h5-7,9-11H,8H2,1-4H3. The first kappa shape index (κ1) is 12.8. The number of hydrogen-bond donors (Lipinski definition) is 0. The van der Waals surface area contributed by atoms with Gasteiger partial charge in [-0.2, -0.15) is 0 Å². The van der Waals surface area contributed by atoms with Gasteiger partial charge < -0.3 is 0 Å². The maximum atomic E-state index is 12.0. The minimum atomic E-state index is 0.0300. The van der Waals surface area contributed by atoms with Gasteiger partial charge in [-0.1, -0.05) is 27.7 Å². The Morgan fingerprint density at radius 1 is 1.19 bits per heavy atom. The molecule has 88 valence electrons. The van der Waals surface area contributed by atoms with Crippen molar-refractivity contribution in [3.05, 3.63) is 24.3 Å². The molecule has 16 heavy (non-hydrogen) atoms. The predicted octanol–water partition coefficient (Wildman–Crippen LogP) is 2.52. The van der Waals surface area contributed by atoms with Crippen molar-refractivity contribution in [2.75, 3.05) is 0 Å². The largest absolute Gasteiger partial charge is 0.299 e. The van der Waals surface area contributed by atoms with Crippen molar-refractivity contribution in [2.24, 2.45) is 17.8 Å². The molecule has 0 aliphatic carbocycles. The Morgan fingerprint density at radius 2 is 1.75 bits per heavy atom. The minimum absolute atomic E-state index is 0.0300. The highest BCUT2D eigenvalue weighted by Gasteiger charge is 2.25. The molecule has 0 radical (unpaired) electrons. The summed E-state index contributed by atoms with van der Waals surface area (Å²) in [5.41, 5.74) is 0. The number of aromatic nitrogens is 2. The highest BCUT2D eigenvalue weighted by molar-refractivity contribution is 5.83. The van der Waals surface area contributed by atoms with Crippen LogP contribution >= 0.6 is 0 Å². The molecule has 1 heterocycles. The molecule has 3 nitrogen and oxygen atoms in total. The van der Waals surface area contributed by atoms with Crippen molar-refractivity contribution in [3.8, 4) is 0 Å². The molecule has 0 amide bonds. The van der Waals surface area contributed by atoms with Gasteiger partial charge in [-0.05, 0) is 12.0 Å². The molecule has 1 aromatic heterocycles. The molecule has 0 N–H and O–H groups in total. The van der Waals surface area contributed by atoms with Crippen LogP contribution in [0.15, 0.2) is 18.5 Å². The zero-order chi connectivity index (χ0) is 12.1. The Kier molecular flexibility index (Phi) is 4.59. The van der Waals surface area contributed by atoms with E-state index in [2.05, 4.69) is 23.8 Å². The van der Waals surface area contributed by atoms with Gasteiger partial charge >= 0.3 is 0 Å². The lowest BCUT2D eigenvalue weighted by Gasteiger charge is -2.20. The lowest BCUT2D eigenvalue weighted by molar-refractivity contribution is -0.127. The summed E-state index contributed by atoms with van der Waals surface area (Å²) in [4.78, 5) is 20.4. The van der Waals surface area contributed by atoms with Crippen LogP contribution in [-0.2, 0) is 11.2 Å². The Balaban J connectivity index is 2.77. The lowest BCUT2D eigenvalue weighted by atomic mass is 9.84. The average Bonchev–Trinajstić information content (AvgIpc) is 2.26. The Labute approximate surface area is 97.3 Å². The molecule has 0 aromatic carbocycles. The van der Waals surface area contributed by atoms with Crippen LogP contribution < -0.4 is 0 Å². The number of hydrogen-bond acceptors (Lipinski definition) is 3. The summed E-state index contributed by atoms with van der Waals surface area (Å²) in [6.07, 6.45) is 4.09. The third-order valence-corrected chi connectivity index (χ3v) is 2.76. The zero-order valence-corrected chi connectivity index (χ0v) is 10.5. The summed E-state index contributed by atoms with van der Waals surface area (Å²) in [6, 6.07) is 1.79. The van der Waals surface area contributed by atoms with E-state index in [1.165, 1.54) is 0 Å². The molecule has 0 saturated heterocycles. The van der Waals surface area contributed by atoms with Gasteiger partial charge in [0.25, 0.3) is 0 Å². The van der Waals surface area contributed by atoms with Crippen LogP contribution in [0.4, 0.5) is 0 Å². The van der Waals surface area contributed by atoms with Gasteiger partial charge in [-0.25, -0.2) is 9.97 Å². The number of carbonyl (C=O) groups is 1. The summed E-state index contributed by atoms with van der Waals surface area (Å²) in [7, 11) is 0. The van der Waals surface area contributed by atoms with Gasteiger partial charge in [0.1, 0.15) is 11.6 Å². The fraction of sp³-hybridized carbons (Fsp3) is 0.615. The van der Waals surface area contributed by atoms with Crippen molar-refractivity contribution >= 4 is 5.78 Å². The maximum absolute atomic E-state index is 12.0. The second-order valence-corrected chi connectivity index (χ2v) is 4.78. The van der Waals surface area contributed by atoms with Crippen LogP contribution in [0, 0.1) is 17.8 Å². The first-order valence-corrected chi connectivity index (χ1v) is 5.82. The van der Waals surface area contributed by atoms with Crippen LogP contribution in [0.5, 0.6) is 0 Å². The van der Waals surface area contributed by atoms with Crippen molar-refractivity contribution in [1.29, 1.82) is 0 Å². The normalized spacial score (nSPS) is 13.1. The maximum Gasteiger partial charge on any atom is 0.139 e. The quantitative estimate of drug-likeness (QED) is 0.765. The lowest BCUT2D eigenvalue weighted by Crippen LogP contribution is -2.27.